The largest absolute Gasteiger partial charge is 0.496 e. The molecule has 24 heavy (non-hydrogen) atoms. The number of thioether (sulfide) groups is 1. The highest BCUT2D eigenvalue weighted by molar-refractivity contribution is 7.98. The number of likely N-dealkylation sites (N-methyl/N-ethyl adjacent to an activating group) is 1. The summed E-state index contributed by atoms with van der Waals surface area (Å²) in [6, 6.07) is 8.25. The summed E-state index contributed by atoms with van der Waals surface area (Å²) >= 11 is 1.64. The summed E-state index contributed by atoms with van der Waals surface area (Å²) in [5, 5.41) is 12.1. The number of carbonyl (C=O) groups is 1. The number of amides is 1. The molecule has 0 unspecified atom stereocenters. The number of nitrogens with zero attached hydrogens (tertiary/aromatic N) is 2. The summed E-state index contributed by atoms with van der Waals surface area (Å²) in [7, 11) is 3.54. The molecule has 0 fully saturated rings. The number of nitrogens with one attached hydrogen (secondary N) is 1. The second kappa shape index (κ2) is 8.95. The van der Waals surface area contributed by atoms with Gasteiger partial charge in [0.2, 0.25) is 5.91 Å². The van der Waals surface area contributed by atoms with Crippen molar-refractivity contribution in [3.63, 3.8) is 0 Å². The number of hydrogen-bond donors (Lipinski definition) is 1. The highest BCUT2D eigenvalue weighted by Gasteiger charge is 2.30. The van der Waals surface area contributed by atoms with Crippen LogP contribution in [0.25, 0.3) is 0 Å². The molecule has 0 aliphatic heterocycles. The summed E-state index contributed by atoms with van der Waals surface area (Å²) in [6.45, 7) is 6.46. The highest BCUT2D eigenvalue weighted by atomic mass is 32.2. The number of carbonyl (C=O) groups excluding carboxylic acids is 1. The van der Waals surface area contributed by atoms with Crippen molar-refractivity contribution >= 4 is 17.7 Å². The van der Waals surface area contributed by atoms with E-state index in [1.54, 1.807) is 25.8 Å². The Balaban J connectivity index is 2.68. The van der Waals surface area contributed by atoms with Gasteiger partial charge >= 0.3 is 0 Å². The average Bonchev–Trinajstić information content (AvgIpc) is 2.53. The standard InChI is InChI=1S/C18H27N3O2S/c1-13(2)18(3,12-19)20-17(22)11-21(4)10-14-7-8-16(24-6)15(9-14)23-5/h7-9,13H,10-11H2,1-6H3,(H,20,22)/t18-/m0/s1. The molecule has 0 bridgehead atoms. The highest BCUT2D eigenvalue weighted by Crippen LogP contribution is 2.28. The molecule has 1 atom stereocenters. The maximum absolute atomic E-state index is 12.2. The third kappa shape index (κ3) is 5.43. The molecule has 0 saturated heterocycles. The van der Waals surface area contributed by atoms with E-state index in [9.17, 15) is 10.1 Å². The van der Waals surface area contributed by atoms with Gasteiger partial charge in [0, 0.05) is 11.4 Å². The Bertz CT molecular complexity index is 613. The zero-order valence-corrected chi connectivity index (χ0v) is 16.2. The van der Waals surface area contributed by atoms with Gasteiger partial charge in [0.15, 0.2) is 0 Å². The van der Waals surface area contributed by atoms with Gasteiger partial charge in [0.05, 0.1) is 19.7 Å². The molecule has 1 amide bonds. The minimum absolute atomic E-state index is 0.0418. The third-order valence-corrected chi connectivity index (χ3v) is 4.88. The molecule has 0 aromatic heterocycles. The van der Waals surface area contributed by atoms with Gasteiger partial charge in [-0.2, -0.15) is 5.26 Å². The molecule has 1 N–H and O–H groups in total. The Hall–Kier alpha value is -1.71. The monoisotopic (exact) mass is 349 g/mol. The maximum atomic E-state index is 12.2. The minimum Gasteiger partial charge on any atom is -0.496 e. The number of benzene rings is 1. The fourth-order valence-corrected chi connectivity index (χ4v) is 2.77. The lowest BCUT2D eigenvalue weighted by molar-refractivity contribution is -0.123. The molecule has 6 heteroatoms. The van der Waals surface area contributed by atoms with E-state index in [1.807, 2.05) is 50.2 Å². The normalized spacial score (nSPS) is 13.5. The van der Waals surface area contributed by atoms with Gasteiger partial charge in [-0.05, 0) is 43.8 Å². The number of rotatable bonds is 8. The predicted molar refractivity (Wildman–Crippen MR) is 98.1 cm³/mol. The molecule has 0 heterocycles. The van der Waals surface area contributed by atoms with Crippen LogP contribution in [0.3, 0.4) is 0 Å². The number of nitriles is 1. The van der Waals surface area contributed by atoms with Crippen LogP contribution in [0.5, 0.6) is 5.75 Å². The molecule has 0 radical (unpaired) electrons. The predicted octanol–water partition coefficient (Wildman–Crippen LogP) is 2.90. The van der Waals surface area contributed by atoms with E-state index in [4.69, 9.17) is 4.74 Å². The Labute approximate surface area is 149 Å². The van der Waals surface area contributed by atoms with Crippen LogP contribution in [0, 0.1) is 17.2 Å². The number of ether oxygens (including phenoxy) is 1. The van der Waals surface area contributed by atoms with Crippen molar-refractivity contribution in [1.82, 2.24) is 10.2 Å². The van der Waals surface area contributed by atoms with Gasteiger partial charge in [0.1, 0.15) is 11.3 Å². The fourth-order valence-electron chi connectivity index (χ4n) is 2.22. The average molecular weight is 350 g/mol. The molecular weight excluding hydrogens is 322 g/mol. The van der Waals surface area contributed by atoms with Crippen LogP contribution < -0.4 is 10.1 Å². The lowest BCUT2D eigenvalue weighted by Crippen LogP contribution is -2.51. The van der Waals surface area contributed by atoms with Crippen LogP contribution in [0.15, 0.2) is 23.1 Å². The molecule has 1 aromatic rings. The van der Waals surface area contributed by atoms with Gasteiger partial charge in [-0.25, -0.2) is 0 Å². The van der Waals surface area contributed by atoms with Crippen molar-refractivity contribution in [3.8, 4) is 11.8 Å². The van der Waals surface area contributed by atoms with Gasteiger partial charge in [-0.3, -0.25) is 9.69 Å². The first-order valence-electron chi connectivity index (χ1n) is 7.87. The molecular formula is C18H27N3O2S. The SMILES string of the molecule is COc1cc(CN(C)CC(=O)N[C@@](C)(C#N)C(C)C)ccc1SC. The van der Waals surface area contributed by atoms with Crippen molar-refractivity contribution < 1.29 is 9.53 Å². The van der Waals surface area contributed by atoms with E-state index < -0.39 is 5.54 Å². The quantitative estimate of drug-likeness (QED) is 0.731. The number of hydrogen-bond acceptors (Lipinski definition) is 5. The van der Waals surface area contributed by atoms with Gasteiger partial charge in [-0.1, -0.05) is 19.9 Å². The second-order valence-electron chi connectivity index (χ2n) is 6.38. The molecule has 5 nitrogen and oxygen atoms in total. The van der Waals surface area contributed by atoms with Crippen LogP contribution in [0.4, 0.5) is 0 Å². The molecule has 132 valence electrons. The zero-order chi connectivity index (χ0) is 18.3. The summed E-state index contributed by atoms with van der Waals surface area (Å²) in [5.74, 6) is 0.734. The van der Waals surface area contributed by atoms with Crippen molar-refractivity contribution in [1.29, 1.82) is 5.26 Å². The summed E-state index contributed by atoms with van der Waals surface area (Å²) < 4.78 is 5.39. The van der Waals surface area contributed by atoms with Gasteiger partial charge in [0.25, 0.3) is 0 Å². The smallest absolute Gasteiger partial charge is 0.235 e. The van der Waals surface area contributed by atoms with E-state index in [2.05, 4.69) is 11.4 Å². The summed E-state index contributed by atoms with van der Waals surface area (Å²) in [6.07, 6.45) is 2.01. The number of methoxy groups -OCH3 is 1. The van der Waals surface area contributed by atoms with Crippen LogP contribution in [0.1, 0.15) is 26.3 Å². The van der Waals surface area contributed by atoms with E-state index in [0.717, 1.165) is 16.2 Å². The lowest BCUT2D eigenvalue weighted by atomic mass is 9.90. The zero-order valence-electron chi connectivity index (χ0n) is 15.3. The van der Waals surface area contributed by atoms with Crippen LogP contribution in [0.2, 0.25) is 0 Å². The van der Waals surface area contributed by atoms with E-state index in [-0.39, 0.29) is 18.4 Å². The van der Waals surface area contributed by atoms with Crippen molar-refractivity contribution in [3.05, 3.63) is 23.8 Å². The Morgan fingerprint density at radius 2 is 2.17 bits per heavy atom. The van der Waals surface area contributed by atoms with Crippen LogP contribution >= 0.6 is 11.8 Å². The van der Waals surface area contributed by atoms with E-state index >= 15 is 0 Å². The Morgan fingerprint density at radius 3 is 2.67 bits per heavy atom. The molecule has 0 spiro atoms. The topological polar surface area (TPSA) is 65.4 Å². The van der Waals surface area contributed by atoms with Crippen molar-refractivity contribution in [2.45, 2.75) is 37.8 Å². The Kier molecular flexibility index (Phi) is 7.59. The van der Waals surface area contributed by atoms with Gasteiger partial charge < -0.3 is 10.1 Å². The molecule has 0 aliphatic rings. The van der Waals surface area contributed by atoms with Crippen molar-refractivity contribution in [2.75, 3.05) is 27.0 Å². The second-order valence-corrected chi connectivity index (χ2v) is 7.23. The Morgan fingerprint density at radius 1 is 1.50 bits per heavy atom. The first kappa shape index (κ1) is 20.3. The van der Waals surface area contributed by atoms with Crippen LogP contribution in [-0.4, -0.2) is 43.3 Å². The van der Waals surface area contributed by atoms with Gasteiger partial charge in [-0.15, -0.1) is 11.8 Å². The summed E-state index contributed by atoms with van der Waals surface area (Å²) in [5.41, 5.74) is 0.230. The van der Waals surface area contributed by atoms with E-state index in [1.165, 1.54) is 0 Å². The first-order chi connectivity index (χ1) is 11.3. The molecule has 0 aliphatic carbocycles. The van der Waals surface area contributed by atoms with Crippen molar-refractivity contribution in [2.24, 2.45) is 5.92 Å². The molecule has 0 saturated carbocycles. The maximum Gasteiger partial charge on any atom is 0.235 e. The first-order valence-corrected chi connectivity index (χ1v) is 9.10. The molecule has 1 aromatic carbocycles. The lowest BCUT2D eigenvalue weighted by Gasteiger charge is -2.28. The third-order valence-electron chi connectivity index (χ3n) is 4.10. The van der Waals surface area contributed by atoms with Crippen LogP contribution in [-0.2, 0) is 11.3 Å². The minimum atomic E-state index is -0.846. The van der Waals surface area contributed by atoms with E-state index in [0.29, 0.717) is 6.54 Å². The fraction of sp³-hybridized carbons (Fsp3) is 0.556. The molecule has 1 rings (SSSR count). The summed E-state index contributed by atoms with van der Waals surface area (Å²) in [4.78, 5) is 15.2.